The SMILES string of the molecule is N#Cc1cccc(OCCNC2(C(N)=O)CCCCC2)c1. The van der Waals surface area contributed by atoms with Gasteiger partial charge in [-0.2, -0.15) is 5.26 Å². The monoisotopic (exact) mass is 287 g/mol. The molecule has 5 heteroatoms. The zero-order valence-corrected chi connectivity index (χ0v) is 12.1. The Hall–Kier alpha value is -2.06. The lowest BCUT2D eigenvalue weighted by Gasteiger charge is -2.35. The highest BCUT2D eigenvalue weighted by Crippen LogP contribution is 2.27. The number of amides is 1. The molecule has 2 rings (SSSR count). The fraction of sp³-hybridized carbons (Fsp3) is 0.500. The van der Waals surface area contributed by atoms with Crippen molar-refractivity contribution in [1.82, 2.24) is 5.32 Å². The summed E-state index contributed by atoms with van der Waals surface area (Å²) in [4.78, 5) is 11.7. The lowest BCUT2D eigenvalue weighted by molar-refractivity contribution is -0.125. The van der Waals surface area contributed by atoms with E-state index in [1.165, 1.54) is 0 Å². The first-order chi connectivity index (χ1) is 10.2. The minimum absolute atomic E-state index is 0.270. The van der Waals surface area contributed by atoms with E-state index in [9.17, 15) is 4.79 Å². The average molecular weight is 287 g/mol. The summed E-state index contributed by atoms with van der Waals surface area (Å²) in [7, 11) is 0. The smallest absolute Gasteiger partial charge is 0.237 e. The second-order valence-electron chi connectivity index (χ2n) is 5.42. The first-order valence-electron chi connectivity index (χ1n) is 7.34. The molecule has 1 aromatic carbocycles. The van der Waals surface area contributed by atoms with Gasteiger partial charge in [-0.05, 0) is 31.0 Å². The zero-order valence-electron chi connectivity index (χ0n) is 12.1. The van der Waals surface area contributed by atoms with Crippen molar-refractivity contribution in [2.24, 2.45) is 5.73 Å². The molecule has 0 bridgehead atoms. The minimum Gasteiger partial charge on any atom is -0.492 e. The quantitative estimate of drug-likeness (QED) is 0.780. The van der Waals surface area contributed by atoms with Gasteiger partial charge >= 0.3 is 0 Å². The Kier molecular flexibility index (Phi) is 5.18. The van der Waals surface area contributed by atoms with E-state index < -0.39 is 5.54 Å². The molecule has 1 aromatic rings. The zero-order chi connectivity index (χ0) is 15.1. The molecule has 1 saturated carbocycles. The molecule has 112 valence electrons. The highest BCUT2D eigenvalue weighted by atomic mass is 16.5. The molecule has 0 aromatic heterocycles. The Morgan fingerprint density at radius 1 is 1.38 bits per heavy atom. The molecule has 1 amide bonds. The van der Waals surface area contributed by atoms with Gasteiger partial charge in [0.15, 0.2) is 0 Å². The molecular weight excluding hydrogens is 266 g/mol. The van der Waals surface area contributed by atoms with Gasteiger partial charge in [-0.25, -0.2) is 0 Å². The van der Waals surface area contributed by atoms with E-state index in [-0.39, 0.29) is 5.91 Å². The summed E-state index contributed by atoms with van der Waals surface area (Å²) in [6.07, 6.45) is 4.81. The van der Waals surface area contributed by atoms with E-state index in [4.69, 9.17) is 15.7 Å². The fourth-order valence-electron chi connectivity index (χ4n) is 2.78. The normalized spacial score (nSPS) is 16.9. The Labute approximate surface area is 125 Å². The third-order valence-electron chi connectivity index (χ3n) is 3.98. The molecule has 0 unspecified atom stereocenters. The van der Waals surface area contributed by atoms with Crippen molar-refractivity contribution in [1.29, 1.82) is 5.26 Å². The number of carbonyl (C=O) groups is 1. The maximum absolute atomic E-state index is 11.7. The van der Waals surface area contributed by atoms with Gasteiger partial charge in [0.05, 0.1) is 17.2 Å². The second kappa shape index (κ2) is 7.09. The third-order valence-corrected chi connectivity index (χ3v) is 3.98. The summed E-state index contributed by atoms with van der Waals surface area (Å²) >= 11 is 0. The molecule has 0 radical (unpaired) electrons. The van der Waals surface area contributed by atoms with Gasteiger partial charge in [-0.15, -0.1) is 0 Å². The van der Waals surface area contributed by atoms with Crippen LogP contribution in [0.2, 0.25) is 0 Å². The van der Waals surface area contributed by atoms with Crippen LogP contribution in [0.25, 0.3) is 0 Å². The number of nitriles is 1. The summed E-state index contributed by atoms with van der Waals surface area (Å²) in [5.41, 5.74) is 5.55. The van der Waals surface area contributed by atoms with Crippen molar-refractivity contribution in [3.05, 3.63) is 29.8 Å². The van der Waals surface area contributed by atoms with Gasteiger partial charge in [0.25, 0.3) is 0 Å². The van der Waals surface area contributed by atoms with Crippen LogP contribution in [0, 0.1) is 11.3 Å². The molecule has 0 heterocycles. The van der Waals surface area contributed by atoms with Crippen LogP contribution in [0.3, 0.4) is 0 Å². The molecule has 1 aliphatic carbocycles. The van der Waals surface area contributed by atoms with Crippen LogP contribution in [0.1, 0.15) is 37.7 Å². The Morgan fingerprint density at radius 3 is 2.81 bits per heavy atom. The Balaban J connectivity index is 1.83. The van der Waals surface area contributed by atoms with Gasteiger partial charge in [0, 0.05) is 6.54 Å². The van der Waals surface area contributed by atoms with Crippen molar-refractivity contribution in [3.8, 4) is 11.8 Å². The van der Waals surface area contributed by atoms with Crippen LogP contribution in [-0.2, 0) is 4.79 Å². The van der Waals surface area contributed by atoms with Gasteiger partial charge in [0.1, 0.15) is 12.4 Å². The number of ether oxygens (including phenoxy) is 1. The summed E-state index contributed by atoms with van der Waals surface area (Å²) in [6, 6.07) is 9.10. The highest BCUT2D eigenvalue weighted by molar-refractivity contribution is 5.84. The third kappa shape index (κ3) is 3.96. The maximum Gasteiger partial charge on any atom is 0.237 e. The summed E-state index contributed by atoms with van der Waals surface area (Å²) in [6.45, 7) is 0.990. The van der Waals surface area contributed by atoms with Crippen molar-refractivity contribution in [3.63, 3.8) is 0 Å². The Morgan fingerprint density at radius 2 is 2.14 bits per heavy atom. The fourth-order valence-corrected chi connectivity index (χ4v) is 2.78. The van der Waals surface area contributed by atoms with Crippen LogP contribution in [-0.4, -0.2) is 24.6 Å². The predicted octanol–water partition coefficient (Wildman–Crippen LogP) is 1.71. The molecule has 5 nitrogen and oxygen atoms in total. The highest BCUT2D eigenvalue weighted by Gasteiger charge is 2.36. The number of carbonyl (C=O) groups excluding carboxylic acids is 1. The number of hydrogen-bond donors (Lipinski definition) is 2. The number of primary amides is 1. The van der Waals surface area contributed by atoms with E-state index in [0.29, 0.717) is 24.5 Å². The number of nitrogens with one attached hydrogen (secondary N) is 1. The molecule has 0 atom stereocenters. The number of hydrogen-bond acceptors (Lipinski definition) is 4. The van der Waals surface area contributed by atoms with E-state index in [1.54, 1.807) is 18.2 Å². The molecule has 1 fully saturated rings. The van der Waals surface area contributed by atoms with E-state index in [1.807, 2.05) is 6.07 Å². The maximum atomic E-state index is 11.7. The van der Waals surface area contributed by atoms with Crippen LogP contribution < -0.4 is 15.8 Å². The lowest BCUT2D eigenvalue weighted by Crippen LogP contribution is -2.57. The largest absolute Gasteiger partial charge is 0.492 e. The first-order valence-corrected chi connectivity index (χ1v) is 7.34. The van der Waals surface area contributed by atoms with Crippen molar-refractivity contribution in [2.75, 3.05) is 13.2 Å². The van der Waals surface area contributed by atoms with Crippen LogP contribution in [0.15, 0.2) is 24.3 Å². The molecule has 0 spiro atoms. The number of benzene rings is 1. The van der Waals surface area contributed by atoms with Crippen molar-refractivity contribution in [2.45, 2.75) is 37.6 Å². The van der Waals surface area contributed by atoms with E-state index in [2.05, 4.69) is 11.4 Å². The molecule has 0 saturated heterocycles. The number of nitrogens with two attached hydrogens (primary N) is 1. The van der Waals surface area contributed by atoms with Gasteiger partial charge in [-0.1, -0.05) is 25.3 Å². The van der Waals surface area contributed by atoms with Gasteiger partial charge in [-0.3, -0.25) is 10.1 Å². The summed E-state index contributed by atoms with van der Waals surface area (Å²) < 4.78 is 5.60. The van der Waals surface area contributed by atoms with Gasteiger partial charge in [0.2, 0.25) is 5.91 Å². The van der Waals surface area contributed by atoms with E-state index >= 15 is 0 Å². The Bertz CT molecular complexity index is 531. The molecule has 3 N–H and O–H groups in total. The number of rotatable bonds is 6. The second-order valence-corrected chi connectivity index (χ2v) is 5.42. The van der Waals surface area contributed by atoms with Crippen LogP contribution in [0.5, 0.6) is 5.75 Å². The standard InChI is InChI=1S/C16H21N3O2/c17-12-13-5-4-6-14(11-13)21-10-9-19-16(15(18)20)7-2-1-3-8-16/h4-6,11,19H,1-3,7-10H2,(H2,18,20). The molecule has 21 heavy (non-hydrogen) atoms. The topological polar surface area (TPSA) is 88.1 Å². The minimum atomic E-state index is -0.573. The van der Waals surface area contributed by atoms with Crippen LogP contribution in [0.4, 0.5) is 0 Å². The predicted molar refractivity (Wildman–Crippen MR) is 79.7 cm³/mol. The van der Waals surface area contributed by atoms with Crippen molar-refractivity contribution < 1.29 is 9.53 Å². The summed E-state index contributed by atoms with van der Waals surface area (Å²) in [5, 5.41) is 12.1. The first kappa shape index (κ1) is 15.3. The molecule has 0 aliphatic heterocycles. The van der Waals surface area contributed by atoms with Crippen LogP contribution >= 0.6 is 0 Å². The average Bonchev–Trinajstić information content (AvgIpc) is 2.52. The molecule has 1 aliphatic rings. The molecular formula is C16H21N3O2. The van der Waals surface area contributed by atoms with Gasteiger partial charge < -0.3 is 10.5 Å². The van der Waals surface area contributed by atoms with Crippen molar-refractivity contribution >= 4 is 5.91 Å². The van der Waals surface area contributed by atoms with E-state index in [0.717, 1.165) is 32.1 Å². The lowest BCUT2D eigenvalue weighted by atomic mass is 9.81. The summed E-state index contributed by atoms with van der Waals surface area (Å²) in [5.74, 6) is 0.390. The number of nitrogens with zero attached hydrogens (tertiary/aromatic N) is 1.